The molecule has 0 aliphatic carbocycles. The van der Waals surface area contributed by atoms with Crippen molar-refractivity contribution in [3.05, 3.63) is 33.8 Å². The molecule has 1 fully saturated rings. The normalized spacial score (nSPS) is 20.4. The summed E-state index contributed by atoms with van der Waals surface area (Å²) in [4.78, 5) is 2.41. The summed E-state index contributed by atoms with van der Waals surface area (Å²) in [6, 6.07) is 5.67. The quantitative estimate of drug-likeness (QED) is 0.895. The Hall–Kier alpha value is -0.320. The summed E-state index contributed by atoms with van der Waals surface area (Å²) in [6.45, 7) is 4.90. The van der Waals surface area contributed by atoms with Gasteiger partial charge in [-0.3, -0.25) is 4.90 Å². The second kappa shape index (κ2) is 7.30. The molecule has 0 saturated carbocycles. The molecule has 0 amide bonds. The van der Waals surface area contributed by atoms with Crippen molar-refractivity contribution in [2.45, 2.75) is 25.3 Å². The van der Waals surface area contributed by atoms with E-state index in [1.54, 1.807) is 13.2 Å². The van der Waals surface area contributed by atoms with Crippen LogP contribution >= 0.6 is 23.2 Å². The summed E-state index contributed by atoms with van der Waals surface area (Å²) < 4.78 is 5.47. The van der Waals surface area contributed by atoms with Crippen LogP contribution in [-0.4, -0.2) is 43.4 Å². The maximum Gasteiger partial charge on any atom is 0.0685 e. The van der Waals surface area contributed by atoms with E-state index in [0.717, 1.165) is 31.5 Å². The summed E-state index contributed by atoms with van der Waals surface area (Å²) in [5.41, 5.74) is 0.813. The van der Waals surface area contributed by atoms with E-state index in [0.29, 0.717) is 22.6 Å². The molecular weight excluding hydrogens is 309 g/mol. The number of piperidine rings is 1. The number of hydrogen-bond acceptors (Lipinski definition) is 3. The monoisotopic (exact) mass is 331 g/mol. The van der Waals surface area contributed by atoms with Crippen molar-refractivity contribution in [1.29, 1.82) is 0 Å². The van der Waals surface area contributed by atoms with Crippen LogP contribution in [0.3, 0.4) is 0 Å². The fraction of sp³-hybridized carbons (Fsp3) is 0.625. The predicted octanol–water partition coefficient (Wildman–Crippen LogP) is 3.56. The molecule has 0 aromatic heterocycles. The Balaban J connectivity index is 2.27. The first-order valence-corrected chi connectivity index (χ1v) is 8.06. The molecule has 0 bridgehead atoms. The number of aliphatic hydroxyl groups excluding tert-OH is 1. The molecule has 2 rings (SSSR count). The lowest BCUT2D eigenvalue weighted by Gasteiger charge is -2.45. The van der Waals surface area contributed by atoms with Gasteiger partial charge in [-0.2, -0.15) is 0 Å². The van der Waals surface area contributed by atoms with E-state index in [1.165, 1.54) is 0 Å². The average Bonchev–Trinajstić information content (AvgIpc) is 2.46. The third kappa shape index (κ3) is 3.91. The first kappa shape index (κ1) is 17.0. The molecule has 1 aliphatic rings. The summed E-state index contributed by atoms with van der Waals surface area (Å²) in [6.07, 6.45) is 2.01. The molecular formula is C16H23Cl2NO2. The minimum absolute atomic E-state index is 0.260. The molecule has 0 spiro atoms. The second-order valence-corrected chi connectivity index (χ2v) is 6.85. The van der Waals surface area contributed by atoms with Gasteiger partial charge in [0.15, 0.2) is 0 Å². The molecule has 1 atom stereocenters. The van der Waals surface area contributed by atoms with E-state index in [1.807, 2.05) is 12.1 Å². The van der Waals surface area contributed by atoms with Gasteiger partial charge in [0.1, 0.15) is 0 Å². The Labute approximate surface area is 136 Å². The van der Waals surface area contributed by atoms with Gasteiger partial charge in [0, 0.05) is 23.8 Å². The van der Waals surface area contributed by atoms with Crippen molar-refractivity contribution in [3.63, 3.8) is 0 Å². The van der Waals surface area contributed by atoms with Gasteiger partial charge in [-0.25, -0.2) is 0 Å². The van der Waals surface area contributed by atoms with Crippen molar-refractivity contribution < 1.29 is 9.84 Å². The Morgan fingerprint density at radius 2 is 1.81 bits per heavy atom. The third-order valence-electron chi connectivity index (χ3n) is 4.48. The first-order chi connectivity index (χ1) is 9.99. The van der Waals surface area contributed by atoms with Crippen LogP contribution in [0.2, 0.25) is 10.0 Å². The van der Waals surface area contributed by atoms with Gasteiger partial charge in [-0.05, 0) is 62.5 Å². The molecule has 0 radical (unpaired) electrons. The van der Waals surface area contributed by atoms with Crippen LogP contribution in [0.4, 0.5) is 0 Å². The van der Waals surface area contributed by atoms with E-state index in [4.69, 9.17) is 27.9 Å². The zero-order valence-corrected chi connectivity index (χ0v) is 14.1. The van der Waals surface area contributed by atoms with Crippen LogP contribution in [0.1, 0.15) is 25.3 Å². The number of likely N-dealkylation sites (tertiary alicyclic amines) is 1. The molecule has 118 valence electrons. The highest BCUT2D eigenvalue weighted by atomic mass is 35.5. The lowest BCUT2D eigenvalue weighted by atomic mass is 9.87. The van der Waals surface area contributed by atoms with E-state index in [9.17, 15) is 5.11 Å². The fourth-order valence-electron chi connectivity index (χ4n) is 3.11. The second-order valence-electron chi connectivity index (χ2n) is 5.98. The van der Waals surface area contributed by atoms with Gasteiger partial charge >= 0.3 is 0 Å². The number of halogens is 2. The smallest absolute Gasteiger partial charge is 0.0685 e. The van der Waals surface area contributed by atoms with Crippen molar-refractivity contribution in [1.82, 2.24) is 4.90 Å². The van der Waals surface area contributed by atoms with Crippen LogP contribution in [0.5, 0.6) is 0 Å². The van der Waals surface area contributed by atoms with Crippen molar-refractivity contribution >= 4 is 23.2 Å². The van der Waals surface area contributed by atoms with E-state index < -0.39 is 0 Å². The van der Waals surface area contributed by atoms with Gasteiger partial charge in [0.2, 0.25) is 0 Å². The standard InChI is InChI=1S/C16H23Cl2NO2/c1-16(11-21-2,13-7-14(17)9-15(18)8-13)19-5-3-12(10-20)4-6-19/h7-9,12,20H,3-6,10-11H2,1-2H3. The SMILES string of the molecule is COCC(C)(c1cc(Cl)cc(Cl)c1)N1CCC(CO)CC1. The number of methoxy groups -OCH3 is 1. The number of aliphatic hydroxyl groups is 1. The van der Waals surface area contributed by atoms with Crippen LogP contribution in [0.25, 0.3) is 0 Å². The first-order valence-electron chi connectivity index (χ1n) is 7.31. The number of hydrogen-bond donors (Lipinski definition) is 1. The van der Waals surface area contributed by atoms with Gasteiger partial charge in [0.25, 0.3) is 0 Å². The minimum atomic E-state index is -0.260. The third-order valence-corrected chi connectivity index (χ3v) is 4.92. The molecule has 1 heterocycles. The Bertz CT molecular complexity index is 455. The topological polar surface area (TPSA) is 32.7 Å². The summed E-state index contributed by atoms with van der Waals surface area (Å²) >= 11 is 12.3. The average molecular weight is 332 g/mol. The zero-order valence-electron chi connectivity index (χ0n) is 12.6. The van der Waals surface area contributed by atoms with Crippen LogP contribution in [-0.2, 0) is 10.3 Å². The minimum Gasteiger partial charge on any atom is -0.396 e. The molecule has 1 saturated heterocycles. The van der Waals surface area contributed by atoms with Gasteiger partial charge in [-0.15, -0.1) is 0 Å². The highest BCUT2D eigenvalue weighted by Crippen LogP contribution is 2.35. The summed E-state index contributed by atoms with van der Waals surface area (Å²) in [7, 11) is 1.71. The maximum atomic E-state index is 9.30. The maximum absolute atomic E-state index is 9.30. The van der Waals surface area contributed by atoms with Crippen LogP contribution in [0, 0.1) is 5.92 Å². The Morgan fingerprint density at radius 3 is 2.29 bits per heavy atom. The largest absolute Gasteiger partial charge is 0.396 e. The van der Waals surface area contributed by atoms with Gasteiger partial charge in [0.05, 0.1) is 12.1 Å². The number of nitrogens with zero attached hydrogens (tertiary/aromatic N) is 1. The lowest BCUT2D eigenvalue weighted by molar-refractivity contribution is -0.00783. The molecule has 1 aromatic carbocycles. The fourth-order valence-corrected chi connectivity index (χ4v) is 3.64. The van der Waals surface area contributed by atoms with Crippen molar-refractivity contribution in [2.24, 2.45) is 5.92 Å². The van der Waals surface area contributed by atoms with Crippen LogP contribution in [0.15, 0.2) is 18.2 Å². The molecule has 1 unspecified atom stereocenters. The molecule has 21 heavy (non-hydrogen) atoms. The van der Waals surface area contributed by atoms with Crippen LogP contribution < -0.4 is 0 Å². The van der Waals surface area contributed by atoms with E-state index >= 15 is 0 Å². The Morgan fingerprint density at radius 1 is 1.24 bits per heavy atom. The zero-order chi connectivity index (χ0) is 15.5. The molecule has 3 nitrogen and oxygen atoms in total. The van der Waals surface area contributed by atoms with Gasteiger partial charge in [-0.1, -0.05) is 23.2 Å². The molecule has 5 heteroatoms. The summed E-state index contributed by atoms with van der Waals surface area (Å²) in [5.74, 6) is 0.413. The lowest BCUT2D eigenvalue weighted by Crippen LogP contribution is -2.51. The van der Waals surface area contributed by atoms with Crippen molar-refractivity contribution in [3.8, 4) is 0 Å². The number of rotatable bonds is 5. The molecule has 1 N–H and O–H groups in total. The molecule has 1 aliphatic heterocycles. The predicted molar refractivity (Wildman–Crippen MR) is 87.1 cm³/mol. The molecule has 1 aromatic rings. The number of ether oxygens (including phenoxy) is 1. The highest BCUT2D eigenvalue weighted by molar-refractivity contribution is 6.34. The van der Waals surface area contributed by atoms with Crippen molar-refractivity contribution in [2.75, 3.05) is 33.4 Å². The van der Waals surface area contributed by atoms with Gasteiger partial charge < -0.3 is 9.84 Å². The highest BCUT2D eigenvalue weighted by Gasteiger charge is 2.36. The Kier molecular flexibility index (Phi) is 5.92. The van der Waals surface area contributed by atoms with E-state index in [-0.39, 0.29) is 12.1 Å². The summed E-state index contributed by atoms with van der Waals surface area (Å²) in [5, 5.41) is 10.6. The number of benzene rings is 1. The van der Waals surface area contributed by atoms with E-state index in [2.05, 4.69) is 11.8 Å².